The number of rotatable bonds is 10. The first kappa shape index (κ1) is 19.8. The van der Waals surface area contributed by atoms with Gasteiger partial charge in [0.05, 0.1) is 19.9 Å². The Labute approximate surface area is 155 Å². The molecule has 0 aliphatic carbocycles. The molecule has 0 atom stereocenters. The van der Waals surface area contributed by atoms with Crippen LogP contribution in [0.4, 0.5) is 0 Å². The highest BCUT2D eigenvalue weighted by atomic mass is 16.5. The molecule has 6 nitrogen and oxygen atoms in total. The molecule has 0 unspecified atom stereocenters. The van der Waals surface area contributed by atoms with E-state index in [9.17, 15) is 4.79 Å². The molecule has 0 spiro atoms. The third-order valence-corrected chi connectivity index (χ3v) is 3.99. The maximum atomic E-state index is 12.3. The molecule has 0 saturated carbocycles. The minimum absolute atomic E-state index is 0.117. The Morgan fingerprint density at radius 1 is 1.31 bits per heavy atom. The second-order valence-corrected chi connectivity index (χ2v) is 6.79. The summed E-state index contributed by atoms with van der Waals surface area (Å²) in [4.78, 5) is 12.3. The molecule has 0 radical (unpaired) electrons. The average molecular weight is 359 g/mol. The number of aromatic nitrogens is 2. The lowest BCUT2D eigenvalue weighted by molar-refractivity contribution is 0.0952. The van der Waals surface area contributed by atoms with Gasteiger partial charge in [0.2, 0.25) is 0 Å². The van der Waals surface area contributed by atoms with E-state index in [2.05, 4.69) is 24.3 Å². The Hall–Kier alpha value is -2.50. The van der Waals surface area contributed by atoms with Crippen LogP contribution in [0.15, 0.2) is 30.6 Å². The molecule has 1 heterocycles. The van der Waals surface area contributed by atoms with E-state index in [1.165, 1.54) is 0 Å². The number of methoxy groups -OCH3 is 1. The van der Waals surface area contributed by atoms with Crippen molar-refractivity contribution in [2.75, 3.05) is 20.3 Å². The highest BCUT2D eigenvalue weighted by Crippen LogP contribution is 2.28. The summed E-state index contributed by atoms with van der Waals surface area (Å²) in [5, 5.41) is 7.16. The van der Waals surface area contributed by atoms with Gasteiger partial charge < -0.3 is 14.8 Å². The van der Waals surface area contributed by atoms with E-state index in [1.54, 1.807) is 25.3 Å². The fourth-order valence-electron chi connectivity index (χ4n) is 2.47. The number of aryl methyl sites for hydroxylation is 2. The van der Waals surface area contributed by atoms with Crippen molar-refractivity contribution in [3.63, 3.8) is 0 Å². The highest BCUT2D eigenvalue weighted by molar-refractivity contribution is 5.94. The van der Waals surface area contributed by atoms with Crippen LogP contribution in [0.25, 0.3) is 0 Å². The van der Waals surface area contributed by atoms with Crippen molar-refractivity contribution in [3.8, 4) is 11.5 Å². The number of carbonyl (C=O) groups excluding carboxylic acids is 1. The van der Waals surface area contributed by atoms with Gasteiger partial charge in [0.1, 0.15) is 0 Å². The van der Waals surface area contributed by atoms with E-state index in [-0.39, 0.29) is 5.91 Å². The second-order valence-electron chi connectivity index (χ2n) is 6.79. The molecule has 0 aliphatic heterocycles. The monoisotopic (exact) mass is 359 g/mol. The smallest absolute Gasteiger partial charge is 0.251 e. The fraction of sp³-hybridized carbons (Fsp3) is 0.500. The molecule has 1 aromatic heterocycles. The zero-order valence-corrected chi connectivity index (χ0v) is 16.1. The van der Waals surface area contributed by atoms with Crippen LogP contribution in [0.2, 0.25) is 0 Å². The lowest BCUT2D eigenvalue weighted by Gasteiger charge is -2.13. The van der Waals surface area contributed by atoms with Crippen LogP contribution >= 0.6 is 0 Å². The van der Waals surface area contributed by atoms with Gasteiger partial charge in [0, 0.05) is 24.8 Å². The average Bonchev–Trinajstić information content (AvgIpc) is 3.03. The van der Waals surface area contributed by atoms with Gasteiger partial charge in [-0.2, -0.15) is 5.10 Å². The number of nitrogens with one attached hydrogen (secondary N) is 1. The SMILES string of the molecule is COc1cc(C(=O)NCCCn2cc(C)cn2)ccc1OCCC(C)C. The molecule has 1 aromatic carbocycles. The predicted octanol–water partition coefficient (Wildman–Crippen LogP) is 3.45. The third kappa shape index (κ3) is 6.10. The molecule has 1 amide bonds. The second kappa shape index (κ2) is 9.85. The Kier molecular flexibility index (Phi) is 7.51. The zero-order valence-electron chi connectivity index (χ0n) is 16.1. The van der Waals surface area contributed by atoms with E-state index >= 15 is 0 Å². The van der Waals surface area contributed by atoms with Gasteiger partial charge in [-0.25, -0.2) is 0 Å². The number of benzene rings is 1. The molecule has 0 fully saturated rings. The van der Waals surface area contributed by atoms with Gasteiger partial charge in [-0.3, -0.25) is 9.48 Å². The number of carbonyl (C=O) groups is 1. The fourth-order valence-corrected chi connectivity index (χ4v) is 2.47. The van der Waals surface area contributed by atoms with Gasteiger partial charge in [0.15, 0.2) is 11.5 Å². The first-order valence-electron chi connectivity index (χ1n) is 9.07. The van der Waals surface area contributed by atoms with Crippen LogP contribution in [-0.2, 0) is 6.54 Å². The normalized spacial score (nSPS) is 10.8. The van der Waals surface area contributed by atoms with E-state index < -0.39 is 0 Å². The van der Waals surface area contributed by atoms with E-state index in [1.807, 2.05) is 24.0 Å². The minimum atomic E-state index is -0.117. The lowest BCUT2D eigenvalue weighted by Crippen LogP contribution is -2.25. The maximum Gasteiger partial charge on any atom is 0.251 e. The van der Waals surface area contributed by atoms with Crippen LogP contribution in [0.5, 0.6) is 11.5 Å². The van der Waals surface area contributed by atoms with Gasteiger partial charge in [0.25, 0.3) is 5.91 Å². The standard InChI is InChI=1S/C20H29N3O3/c1-15(2)8-11-26-18-7-6-17(12-19(18)25-4)20(24)21-9-5-10-23-14-16(3)13-22-23/h6-7,12-15H,5,8-11H2,1-4H3,(H,21,24). The van der Waals surface area contributed by atoms with Crippen LogP contribution in [0.1, 0.15) is 42.6 Å². The molecule has 2 aromatic rings. The first-order chi connectivity index (χ1) is 12.5. The van der Waals surface area contributed by atoms with Crippen molar-refractivity contribution in [2.45, 2.75) is 40.2 Å². The molecular formula is C20H29N3O3. The maximum absolute atomic E-state index is 12.3. The topological polar surface area (TPSA) is 65.4 Å². The summed E-state index contributed by atoms with van der Waals surface area (Å²) in [6, 6.07) is 5.27. The minimum Gasteiger partial charge on any atom is -0.493 e. The Balaban J connectivity index is 1.83. The lowest BCUT2D eigenvalue weighted by atomic mass is 10.1. The largest absolute Gasteiger partial charge is 0.493 e. The van der Waals surface area contributed by atoms with E-state index in [0.29, 0.717) is 36.1 Å². The quantitative estimate of drug-likeness (QED) is 0.660. The van der Waals surface area contributed by atoms with Crippen molar-refractivity contribution < 1.29 is 14.3 Å². The highest BCUT2D eigenvalue weighted by Gasteiger charge is 2.11. The first-order valence-corrected chi connectivity index (χ1v) is 9.07. The number of nitrogens with zero attached hydrogens (tertiary/aromatic N) is 2. The predicted molar refractivity (Wildman–Crippen MR) is 102 cm³/mol. The Morgan fingerprint density at radius 3 is 2.77 bits per heavy atom. The van der Waals surface area contributed by atoms with Crippen LogP contribution < -0.4 is 14.8 Å². The van der Waals surface area contributed by atoms with Crippen molar-refractivity contribution in [1.82, 2.24) is 15.1 Å². The van der Waals surface area contributed by atoms with Gasteiger partial charge in [-0.15, -0.1) is 0 Å². The van der Waals surface area contributed by atoms with Crippen molar-refractivity contribution in [1.29, 1.82) is 0 Å². The van der Waals surface area contributed by atoms with Crippen molar-refractivity contribution in [2.24, 2.45) is 5.92 Å². The Bertz CT molecular complexity index is 710. The van der Waals surface area contributed by atoms with Gasteiger partial charge in [-0.1, -0.05) is 13.8 Å². The number of amides is 1. The third-order valence-electron chi connectivity index (χ3n) is 3.99. The van der Waals surface area contributed by atoms with Crippen molar-refractivity contribution in [3.05, 3.63) is 41.7 Å². The van der Waals surface area contributed by atoms with Crippen molar-refractivity contribution >= 4 is 5.91 Å². The molecule has 2 rings (SSSR count). The molecule has 142 valence electrons. The molecule has 26 heavy (non-hydrogen) atoms. The summed E-state index contributed by atoms with van der Waals surface area (Å²) in [5.41, 5.74) is 1.70. The van der Waals surface area contributed by atoms with E-state index in [4.69, 9.17) is 9.47 Å². The van der Waals surface area contributed by atoms with Crippen LogP contribution in [0.3, 0.4) is 0 Å². The summed E-state index contributed by atoms with van der Waals surface area (Å²) < 4.78 is 13.0. The molecule has 1 N–H and O–H groups in total. The molecule has 0 aliphatic rings. The van der Waals surface area contributed by atoms with Gasteiger partial charge in [-0.05, 0) is 49.4 Å². The summed E-state index contributed by atoms with van der Waals surface area (Å²) in [5.74, 6) is 1.71. The van der Waals surface area contributed by atoms with Crippen LogP contribution in [0, 0.1) is 12.8 Å². The summed E-state index contributed by atoms with van der Waals surface area (Å²) in [7, 11) is 1.58. The number of hydrogen-bond donors (Lipinski definition) is 1. The van der Waals surface area contributed by atoms with Crippen LogP contribution in [-0.4, -0.2) is 35.9 Å². The molecule has 6 heteroatoms. The zero-order chi connectivity index (χ0) is 18.9. The number of hydrogen-bond acceptors (Lipinski definition) is 4. The van der Waals surface area contributed by atoms with E-state index in [0.717, 1.165) is 24.9 Å². The molecule has 0 saturated heterocycles. The number of ether oxygens (including phenoxy) is 2. The molecular weight excluding hydrogens is 330 g/mol. The van der Waals surface area contributed by atoms with Gasteiger partial charge >= 0.3 is 0 Å². The summed E-state index contributed by atoms with van der Waals surface area (Å²) in [6.45, 7) is 8.32. The summed E-state index contributed by atoms with van der Waals surface area (Å²) >= 11 is 0. The molecule has 0 bridgehead atoms. The summed E-state index contributed by atoms with van der Waals surface area (Å²) in [6.07, 6.45) is 5.61. The Morgan fingerprint density at radius 2 is 2.12 bits per heavy atom.